The molecule has 0 aliphatic carbocycles. The van der Waals surface area contributed by atoms with Crippen LogP contribution in [0.1, 0.15) is 10.4 Å². The first-order valence-corrected chi connectivity index (χ1v) is 7.93. The number of carbonyl (C=O) groups is 1. The topological polar surface area (TPSA) is 68.0 Å². The summed E-state index contributed by atoms with van der Waals surface area (Å²) in [6, 6.07) is 10.5. The van der Waals surface area contributed by atoms with Gasteiger partial charge in [-0.1, -0.05) is 38.9 Å². The number of amides is 1. The molecular formula is C14H9BrClN3OS. The quantitative estimate of drug-likeness (QED) is 0.639. The molecule has 0 atom stereocenters. The second kappa shape index (κ2) is 5.63. The van der Waals surface area contributed by atoms with Gasteiger partial charge in [-0.15, -0.1) is 0 Å². The zero-order valence-electron chi connectivity index (χ0n) is 10.6. The molecule has 0 spiro atoms. The third-order valence-corrected chi connectivity index (χ3v) is 4.38. The van der Waals surface area contributed by atoms with Crippen molar-refractivity contribution < 1.29 is 4.79 Å². The first kappa shape index (κ1) is 14.3. The lowest BCUT2D eigenvalue weighted by atomic mass is 10.2. The van der Waals surface area contributed by atoms with E-state index in [2.05, 4.69) is 26.2 Å². The van der Waals surface area contributed by atoms with E-state index < -0.39 is 0 Å². The maximum Gasteiger partial charge on any atom is 0.257 e. The van der Waals surface area contributed by atoms with Gasteiger partial charge in [0.1, 0.15) is 0 Å². The number of hydrogen-bond donors (Lipinski definition) is 2. The van der Waals surface area contributed by atoms with Gasteiger partial charge in [-0.25, -0.2) is 4.98 Å². The highest BCUT2D eigenvalue weighted by molar-refractivity contribution is 9.10. The number of nitrogens with two attached hydrogens (primary N) is 1. The number of benzene rings is 2. The number of nitrogen functional groups attached to an aromatic ring is 1. The summed E-state index contributed by atoms with van der Waals surface area (Å²) in [7, 11) is 0. The highest BCUT2D eigenvalue weighted by atomic mass is 79.9. The Hall–Kier alpha value is -1.63. The average molecular weight is 383 g/mol. The van der Waals surface area contributed by atoms with Crippen LogP contribution >= 0.6 is 38.9 Å². The van der Waals surface area contributed by atoms with Gasteiger partial charge < -0.3 is 5.73 Å². The van der Waals surface area contributed by atoms with E-state index in [0.717, 1.165) is 14.7 Å². The second-order valence-electron chi connectivity index (χ2n) is 4.36. The summed E-state index contributed by atoms with van der Waals surface area (Å²) >= 11 is 10.6. The average Bonchev–Trinajstić information content (AvgIpc) is 2.78. The molecule has 0 unspecified atom stereocenters. The Morgan fingerprint density at radius 3 is 2.86 bits per heavy atom. The predicted octanol–water partition coefficient (Wildman–Crippen LogP) is 4.55. The molecule has 0 aliphatic heterocycles. The normalized spacial score (nSPS) is 10.8. The Balaban J connectivity index is 1.88. The molecule has 0 saturated carbocycles. The van der Waals surface area contributed by atoms with Gasteiger partial charge in [0.2, 0.25) is 0 Å². The van der Waals surface area contributed by atoms with Crippen LogP contribution in [0.25, 0.3) is 10.2 Å². The Kier molecular flexibility index (Phi) is 3.84. The monoisotopic (exact) mass is 381 g/mol. The van der Waals surface area contributed by atoms with E-state index in [1.807, 2.05) is 12.1 Å². The second-order valence-corrected chi connectivity index (χ2v) is 6.74. The number of anilines is 2. The minimum absolute atomic E-state index is 0.256. The summed E-state index contributed by atoms with van der Waals surface area (Å²) in [4.78, 5) is 16.6. The molecule has 0 radical (unpaired) electrons. The van der Waals surface area contributed by atoms with Crippen molar-refractivity contribution >= 4 is 65.8 Å². The number of aromatic nitrogens is 1. The summed E-state index contributed by atoms with van der Waals surface area (Å²) < 4.78 is 1.68. The van der Waals surface area contributed by atoms with Crippen molar-refractivity contribution in [3.05, 3.63) is 51.5 Å². The number of thiazole rings is 1. The minimum atomic E-state index is -0.256. The molecule has 3 N–H and O–H groups in total. The molecule has 4 nitrogen and oxygen atoms in total. The van der Waals surface area contributed by atoms with Gasteiger partial charge in [-0.3, -0.25) is 10.1 Å². The molecule has 1 heterocycles. The van der Waals surface area contributed by atoms with Crippen LogP contribution in [0.2, 0.25) is 5.02 Å². The van der Waals surface area contributed by atoms with Gasteiger partial charge >= 0.3 is 0 Å². The molecule has 106 valence electrons. The fourth-order valence-corrected chi connectivity index (χ4v) is 3.51. The van der Waals surface area contributed by atoms with E-state index in [1.165, 1.54) is 11.3 Å². The highest BCUT2D eigenvalue weighted by Crippen LogP contribution is 2.28. The molecule has 1 aromatic heterocycles. The number of fused-ring (bicyclic) bond motifs is 1. The summed E-state index contributed by atoms with van der Waals surface area (Å²) in [5, 5.41) is 3.94. The third-order valence-electron chi connectivity index (χ3n) is 2.75. The lowest BCUT2D eigenvalue weighted by Gasteiger charge is -2.03. The lowest BCUT2D eigenvalue weighted by Crippen LogP contribution is -2.12. The van der Waals surface area contributed by atoms with Crippen molar-refractivity contribution in [3.63, 3.8) is 0 Å². The minimum Gasteiger partial charge on any atom is -0.399 e. The van der Waals surface area contributed by atoms with Crippen LogP contribution in [0.3, 0.4) is 0 Å². The molecular weight excluding hydrogens is 374 g/mol. The molecule has 0 fully saturated rings. The van der Waals surface area contributed by atoms with Crippen molar-refractivity contribution in [1.82, 2.24) is 4.98 Å². The fourth-order valence-electron chi connectivity index (χ4n) is 1.86. The molecule has 0 aliphatic rings. The molecule has 21 heavy (non-hydrogen) atoms. The van der Waals surface area contributed by atoms with E-state index in [1.54, 1.807) is 24.3 Å². The van der Waals surface area contributed by atoms with Crippen LogP contribution in [-0.4, -0.2) is 10.9 Å². The summed E-state index contributed by atoms with van der Waals surface area (Å²) in [5.74, 6) is -0.256. The number of halogens is 2. The van der Waals surface area contributed by atoms with Crippen molar-refractivity contribution in [3.8, 4) is 0 Å². The number of carbonyl (C=O) groups excluding carboxylic acids is 1. The standard InChI is InChI=1S/C14H9BrClN3OS/c15-8-3-7(4-10(17)5-8)13(20)19-14-18-11-2-1-9(16)6-12(11)21-14/h1-6H,17H2,(H,18,19,20). The zero-order chi connectivity index (χ0) is 15.0. The molecule has 7 heteroatoms. The first-order chi connectivity index (χ1) is 10.0. The van der Waals surface area contributed by atoms with Crippen LogP contribution < -0.4 is 11.1 Å². The highest BCUT2D eigenvalue weighted by Gasteiger charge is 2.11. The summed E-state index contributed by atoms with van der Waals surface area (Å²) in [5.41, 5.74) is 7.52. The Labute approximate surface area is 138 Å². The van der Waals surface area contributed by atoms with Gasteiger partial charge in [-0.2, -0.15) is 0 Å². The Morgan fingerprint density at radius 1 is 1.29 bits per heavy atom. The molecule has 2 aromatic carbocycles. The van der Waals surface area contributed by atoms with E-state index in [0.29, 0.717) is 21.4 Å². The van der Waals surface area contributed by atoms with Crippen LogP contribution in [0.15, 0.2) is 40.9 Å². The van der Waals surface area contributed by atoms with E-state index >= 15 is 0 Å². The first-order valence-electron chi connectivity index (χ1n) is 5.95. The van der Waals surface area contributed by atoms with E-state index in [4.69, 9.17) is 17.3 Å². The van der Waals surface area contributed by atoms with Crippen molar-refractivity contribution in [2.45, 2.75) is 0 Å². The number of nitrogens with one attached hydrogen (secondary N) is 1. The number of nitrogens with zero attached hydrogens (tertiary/aromatic N) is 1. The Morgan fingerprint density at radius 2 is 2.10 bits per heavy atom. The van der Waals surface area contributed by atoms with Gasteiger partial charge in [-0.05, 0) is 36.4 Å². The third kappa shape index (κ3) is 3.18. The molecule has 1 amide bonds. The lowest BCUT2D eigenvalue weighted by molar-refractivity contribution is 0.102. The smallest absolute Gasteiger partial charge is 0.257 e. The summed E-state index contributed by atoms with van der Waals surface area (Å²) in [6.45, 7) is 0. The number of hydrogen-bond acceptors (Lipinski definition) is 4. The van der Waals surface area contributed by atoms with Crippen molar-refractivity contribution in [2.75, 3.05) is 11.1 Å². The van der Waals surface area contributed by atoms with Gasteiger partial charge in [0, 0.05) is 20.7 Å². The largest absolute Gasteiger partial charge is 0.399 e. The number of rotatable bonds is 2. The fraction of sp³-hybridized carbons (Fsp3) is 0. The van der Waals surface area contributed by atoms with E-state index in [-0.39, 0.29) is 5.91 Å². The predicted molar refractivity (Wildman–Crippen MR) is 91.1 cm³/mol. The van der Waals surface area contributed by atoms with Crippen LogP contribution in [0.4, 0.5) is 10.8 Å². The zero-order valence-corrected chi connectivity index (χ0v) is 13.7. The molecule has 0 saturated heterocycles. The maximum absolute atomic E-state index is 12.2. The maximum atomic E-state index is 12.2. The Bertz CT molecular complexity index is 829. The van der Waals surface area contributed by atoms with Crippen molar-refractivity contribution in [1.29, 1.82) is 0 Å². The van der Waals surface area contributed by atoms with Gasteiger partial charge in [0.05, 0.1) is 10.2 Å². The molecule has 3 rings (SSSR count). The van der Waals surface area contributed by atoms with E-state index in [9.17, 15) is 4.79 Å². The van der Waals surface area contributed by atoms with Crippen LogP contribution in [-0.2, 0) is 0 Å². The molecule has 3 aromatic rings. The SMILES string of the molecule is Nc1cc(Br)cc(C(=O)Nc2nc3ccc(Cl)cc3s2)c1. The van der Waals surface area contributed by atoms with Crippen molar-refractivity contribution in [2.24, 2.45) is 0 Å². The van der Waals surface area contributed by atoms with Gasteiger partial charge in [0.15, 0.2) is 5.13 Å². The van der Waals surface area contributed by atoms with Crippen LogP contribution in [0.5, 0.6) is 0 Å². The molecule has 0 bridgehead atoms. The van der Waals surface area contributed by atoms with Crippen LogP contribution in [0, 0.1) is 0 Å². The van der Waals surface area contributed by atoms with Gasteiger partial charge in [0.25, 0.3) is 5.91 Å². The summed E-state index contributed by atoms with van der Waals surface area (Å²) in [6.07, 6.45) is 0.